The highest BCUT2D eigenvalue weighted by Crippen LogP contribution is 2.46. The molecule has 1 heterocycles. The summed E-state index contributed by atoms with van der Waals surface area (Å²) in [5, 5.41) is 0. The van der Waals surface area contributed by atoms with E-state index < -0.39 is 43.1 Å². The Morgan fingerprint density at radius 1 is 0.810 bits per heavy atom. The van der Waals surface area contributed by atoms with Crippen LogP contribution in [0.2, 0.25) is 0 Å². The van der Waals surface area contributed by atoms with Crippen molar-refractivity contribution in [2.24, 2.45) is 0 Å². The number of hydrogen-bond donors (Lipinski definition) is 2. The molecule has 0 bridgehead atoms. The van der Waals surface area contributed by atoms with E-state index in [1.54, 1.807) is 0 Å². The van der Waals surface area contributed by atoms with Crippen molar-refractivity contribution < 1.29 is 35.5 Å². The predicted octanol–water partition coefficient (Wildman–Crippen LogP) is 1.39. The highest BCUT2D eigenvalue weighted by atomic mass is 19.4. The van der Waals surface area contributed by atoms with Crippen LogP contribution in [0.4, 0.5) is 42.6 Å². The zero-order valence-electron chi connectivity index (χ0n) is 9.96. The molecule has 0 aliphatic rings. The van der Waals surface area contributed by atoms with Crippen LogP contribution in [0.3, 0.4) is 0 Å². The van der Waals surface area contributed by atoms with Crippen LogP contribution in [0.15, 0.2) is 0 Å². The Morgan fingerprint density at radius 2 is 1.24 bits per heavy atom. The predicted molar refractivity (Wildman–Crippen MR) is 54.3 cm³/mol. The molecule has 0 saturated carbocycles. The van der Waals surface area contributed by atoms with Crippen molar-refractivity contribution in [1.82, 2.24) is 15.0 Å². The lowest BCUT2D eigenvalue weighted by Gasteiger charge is -2.29. The first-order chi connectivity index (χ1) is 9.37. The van der Waals surface area contributed by atoms with Crippen LogP contribution in [-0.4, -0.2) is 39.8 Å². The summed E-state index contributed by atoms with van der Waals surface area (Å²) in [6.45, 7) is -1.31. The minimum absolute atomic E-state index is 0.341. The number of nitrogens with zero attached hydrogens (tertiary/aromatic N) is 3. The van der Waals surface area contributed by atoms with Crippen molar-refractivity contribution in [1.29, 1.82) is 0 Å². The molecule has 4 N–H and O–H groups in total. The minimum Gasteiger partial charge on any atom is -0.368 e. The van der Waals surface area contributed by atoms with Crippen molar-refractivity contribution in [2.45, 2.75) is 24.6 Å². The molecule has 1 aromatic rings. The largest absolute Gasteiger partial charge is 0.458 e. The third kappa shape index (κ3) is 3.80. The van der Waals surface area contributed by atoms with E-state index in [1.807, 2.05) is 0 Å². The molecule has 13 heteroatoms. The van der Waals surface area contributed by atoms with Gasteiger partial charge >= 0.3 is 18.2 Å². The number of nitrogen functional groups attached to an aromatic ring is 2. The van der Waals surface area contributed by atoms with E-state index in [0.29, 0.717) is 0 Å². The molecule has 21 heavy (non-hydrogen) atoms. The van der Waals surface area contributed by atoms with Crippen LogP contribution in [-0.2, 0) is 11.2 Å². The monoisotopic (exact) mass is 323 g/mol. The molecule has 1 aromatic heterocycles. The van der Waals surface area contributed by atoms with E-state index in [4.69, 9.17) is 11.5 Å². The fourth-order valence-corrected chi connectivity index (χ4v) is 1.18. The maximum Gasteiger partial charge on any atom is 0.458 e. The number of alkyl halides is 7. The molecular formula is C8H8F7N5O. The van der Waals surface area contributed by atoms with Crippen LogP contribution < -0.4 is 11.5 Å². The fourth-order valence-electron chi connectivity index (χ4n) is 1.18. The van der Waals surface area contributed by atoms with Gasteiger partial charge < -0.3 is 16.2 Å². The van der Waals surface area contributed by atoms with Gasteiger partial charge in [-0.25, -0.2) is 0 Å². The molecule has 0 fully saturated rings. The van der Waals surface area contributed by atoms with Crippen LogP contribution in [0, 0.1) is 0 Å². The number of aromatic nitrogens is 3. The molecule has 0 atom stereocenters. The van der Waals surface area contributed by atoms with Crippen LogP contribution in [0.1, 0.15) is 5.82 Å². The fraction of sp³-hybridized carbons (Fsp3) is 0.625. The summed E-state index contributed by atoms with van der Waals surface area (Å²) in [7, 11) is 0. The van der Waals surface area contributed by atoms with Crippen molar-refractivity contribution in [2.75, 3.05) is 18.1 Å². The average molecular weight is 323 g/mol. The van der Waals surface area contributed by atoms with Gasteiger partial charge in [-0.1, -0.05) is 0 Å². The summed E-state index contributed by atoms with van der Waals surface area (Å²) in [6.07, 6.45) is -13.3. The molecule has 120 valence electrons. The summed E-state index contributed by atoms with van der Waals surface area (Å²) in [5.74, 6) is -6.91. The Morgan fingerprint density at radius 3 is 1.62 bits per heavy atom. The first-order valence-corrected chi connectivity index (χ1v) is 5.09. The Kier molecular flexibility index (Phi) is 4.45. The van der Waals surface area contributed by atoms with Gasteiger partial charge in [0.25, 0.3) is 0 Å². The normalized spacial score (nSPS) is 13.5. The second-order valence-electron chi connectivity index (χ2n) is 3.66. The Bertz CT molecular complexity index is 469. The standard InChI is InChI=1S/C8H8F7N5O/c9-6(7(10,11)12,8(13,14)15)21-2-1-3-18-4(16)20-5(17)19-3/h1-2H2,(H4,16,17,18,19,20). The van der Waals surface area contributed by atoms with E-state index in [1.165, 1.54) is 0 Å². The van der Waals surface area contributed by atoms with E-state index in [0.717, 1.165) is 0 Å². The highest BCUT2D eigenvalue weighted by Gasteiger charge is 2.74. The molecule has 0 aliphatic carbocycles. The molecule has 0 aromatic carbocycles. The van der Waals surface area contributed by atoms with E-state index >= 15 is 0 Å². The lowest BCUT2D eigenvalue weighted by atomic mass is 10.3. The van der Waals surface area contributed by atoms with Crippen LogP contribution in [0.25, 0.3) is 0 Å². The third-order valence-electron chi connectivity index (χ3n) is 2.07. The maximum absolute atomic E-state index is 13.1. The van der Waals surface area contributed by atoms with Gasteiger partial charge in [0.05, 0.1) is 6.61 Å². The molecule has 0 spiro atoms. The van der Waals surface area contributed by atoms with Crippen molar-refractivity contribution >= 4 is 11.9 Å². The third-order valence-corrected chi connectivity index (χ3v) is 2.07. The van der Waals surface area contributed by atoms with Gasteiger partial charge in [0.15, 0.2) is 0 Å². The molecular weight excluding hydrogens is 315 g/mol. The average Bonchev–Trinajstić information content (AvgIpc) is 2.24. The molecule has 1 rings (SSSR count). The van der Waals surface area contributed by atoms with Gasteiger partial charge in [0, 0.05) is 6.42 Å². The van der Waals surface area contributed by atoms with Crippen molar-refractivity contribution in [3.05, 3.63) is 5.82 Å². The van der Waals surface area contributed by atoms with E-state index in [2.05, 4.69) is 19.7 Å². The van der Waals surface area contributed by atoms with Gasteiger partial charge in [0.1, 0.15) is 5.82 Å². The van der Waals surface area contributed by atoms with Crippen LogP contribution >= 0.6 is 0 Å². The van der Waals surface area contributed by atoms with Gasteiger partial charge in [0.2, 0.25) is 11.9 Å². The van der Waals surface area contributed by atoms with E-state index in [-0.39, 0.29) is 5.82 Å². The Labute approximate surface area is 112 Å². The molecule has 0 amide bonds. The van der Waals surface area contributed by atoms with Gasteiger partial charge in [-0.3, -0.25) is 0 Å². The van der Waals surface area contributed by atoms with Crippen molar-refractivity contribution in [3.8, 4) is 0 Å². The Hall–Kier alpha value is -1.92. The number of nitrogens with two attached hydrogens (primary N) is 2. The van der Waals surface area contributed by atoms with Gasteiger partial charge in [-0.15, -0.1) is 0 Å². The minimum atomic E-state index is -6.29. The lowest BCUT2D eigenvalue weighted by Crippen LogP contribution is -2.55. The maximum atomic E-state index is 13.1. The van der Waals surface area contributed by atoms with Gasteiger partial charge in [-0.2, -0.15) is 45.7 Å². The first kappa shape index (κ1) is 17.1. The number of ether oxygens (including phenoxy) is 1. The second kappa shape index (κ2) is 5.46. The molecule has 0 unspecified atom stereocenters. The zero-order valence-corrected chi connectivity index (χ0v) is 9.96. The molecule has 0 aliphatic heterocycles. The number of halogens is 7. The molecule has 0 radical (unpaired) electrons. The molecule has 0 saturated heterocycles. The Balaban J connectivity index is 2.80. The second-order valence-corrected chi connectivity index (χ2v) is 3.66. The summed E-state index contributed by atoms with van der Waals surface area (Å²) in [6, 6.07) is 0. The summed E-state index contributed by atoms with van der Waals surface area (Å²) in [4.78, 5) is 10.1. The smallest absolute Gasteiger partial charge is 0.368 e. The highest BCUT2D eigenvalue weighted by molar-refractivity contribution is 5.25. The number of anilines is 2. The quantitative estimate of drug-likeness (QED) is 0.812. The zero-order chi connectivity index (χ0) is 16.5. The topological polar surface area (TPSA) is 99.9 Å². The van der Waals surface area contributed by atoms with E-state index in [9.17, 15) is 30.7 Å². The number of hydrogen-bond acceptors (Lipinski definition) is 6. The van der Waals surface area contributed by atoms with Crippen LogP contribution in [0.5, 0.6) is 0 Å². The van der Waals surface area contributed by atoms with Crippen molar-refractivity contribution in [3.63, 3.8) is 0 Å². The van der Waals surface area contributed by atoms with Gasteiger partial charge in [-0.05, 0) is 0 Å². The molecule has 6 nitrogen and oxygen atoms in total. The summed E-state index contributed by atoms with van der Waals surface area (Å²) in [5.41, 5.74) is 10.3. The summed E-state index contributed by atoms with van der Waals surface area (Å²) >= 11 is 0. The SMILES string of the molecule is Nc1nc(N)nc(CCOC(F)(C(F)(F)F)C(F)(F)F)n1. The first-order valence-electron chi connectivity index (χ1n) is 5.09. The summed E-state index contributed by atoms with van der Waals surface area (Å²) < 4.78 is 89.4. The number of rotatable bonds is 4. The lowest BCUT2D eigenvalue weighted by molar-refractivity contribution is -0.429.